The van der Waals surface area contributed by atoms with Crippen molar-refractivity contribution in [3.63, 3.8) is 0 Å². The summed E-state index contributed by atoms with van der Waals surface area (Å²) in [5.41, 5.74) is 2.35. The number of nitrogens with zero attached hydrogens (tertiary/aromatic N) is 12. The number of fused-ring (bicyclic) bond motifs is 1. The maximum absolute atomic E-state index is 6.39. The zero-order valence-electron chi connectivity index (χ0n) is 30.0. The highest BCUT2D eigenvalue weighted by atomic mass is 35.5. The van der Waals surface area contributed by atoms with Crippen molar-refractivity contribution in [2.75, 3.05) is 139 Å². The van der Waals surface area contributed by atoms with Crippen LogP contribution in [-0.4, -0.2) is 149 Å². The lowest BCUT2D eigenvalue weighted by atomic mass is 10.2. The van der Waals surface area contributed by atoms with Gasteiger partial charge in [0.2, 0.25) is 17.8 Å². The lowest BCUT2D eigenvalue weighted by molar-refractivity contribution is 0.189. The van der Waals surface area contributed by atoms with Gasteiger partial charge in [0, 0.05) is 106 Å². The van der Waals surface area contributed by atoms with E-state index in [1.54, 1.807) is 39.4 Å². The zero-order valence-corrected chi connectivity index (χ0v) is 30.7. The van der Waals surface area contributed by atoms with E-state index in [4.69, 9.17) is 50.5 Å². The van der Waals surface area contributed by atoms with Crippen LogP contribution in [0.15, 0.2) is 30.6 Å². The Kier molecular flexibility index (Phi) is 13.6. The SMILES string of the molecule is COCCN(CCOC)c1nc(N2CCN(c3ncn(C)n3)CC2)c2nc(N(CCOC)CCOC)nc(N(C)Cc3cccc(Cl)c3)c2n1. The van der Waals surface area contributed by atoms with E-state index < -0.39 is 0 Å². The number of piperazine rings is 1. The first-order valence-corrected chi connectivity index (χ1v) is 17.1. The molecule has 1 aliphatic rings. The van der Waals surface area contributed by atoms with Gasteiger partial charge in [-0.05, 0) is 17.7 Å². The van der Waals surface area contributed by atoms with E-state index in [9.17, 15) is 0 Å². The van der Waals surface area contributed by atoms with Gasteiger partial charge in [-0.15, -0.1) is 5.10 Å². The second-order valence-electron chi connectivity index (χ2n) is 12.0. The molecule has 0 N–H and O–H groups in total. The van der Waals surface area contributed by atoms with Crippen LogP contribution in [0.4, 0.5) is 29.5 Å². The van der Waals surface area contributed by atoms with Crippen LogP contribution in [0, 0.1) is 0 Å². The molecule has 0 bridgehead atoms. The molecule has 5 rings (SSSR count). The summed E-state index contributed by atoms with van der Waals surface area (Å²) in [7, 11) is 10.6. The van der Waals surface area contributed by atoms with Crippen LogP contribution in [0.2, 0.25) is 5.02 Å². The maximum atomic E-state index is 6.39. The third-order valence-electron chi connectivity index (χ3n) is 8.43. The minimum absolute atomic E-state index is 0.499. The highest BCUT2D eigenvalue weighted by molar-refractivity contribution is 6.30. The molecule has 4 heterocycles. The topological polar surface area (TPSA) is 135 Å². The molecule has 0 saturated carbocycles. The van der Waals surface area contributed by atoms with Crippen molar-refractivity contribution in [2.45, 2.75) is 6.54 Å². The Bertz CT molecular complexity index is 1640. The summed E-state index contributed by atoms with van der Waals surface area (Å²) in [6, 6.07) is 7.84. The van der Waals surface area contributed by atoms with Gasteiger partial charge in [0.1, 0.15) is 17.4 Å². The molecule has 0 atom stereocenters. The monoisotopic (exact) mass is 712 g/mol. The van der Waals surface area contributed by atoms with Gasteiger partial charge in [-0.25, -0.2) is 15.0 Å². The number of hydrogen-bond donors (Lipinski definition) is 0. The molecule has 272 valence electrons. The third kappa shape index (κ3) is 9.37. The third-order valence-corrected chi connectivity index (χ3v) is 8.67. The van der Waals surface area contributed by atoms with Crippen molar-refractivity contribution < 1.29 is 18.9 Å². The van der Waals surface area contributed by atoms with Gasteiger partial charge in [0.05, 0.1) is 26.4 Å². The Labute approximate surface area is 298 Å². The number of aromatic nitrogens is 7. The summed E-state index contributed by atoms with van der Waals surface area (Å²) >= 11 is 6.39. The quantitative estimate of drug-likeness (QED) is 0.141. The van der Waals surface area contributed by atoms with E-state index in [2.05, 4.69) is 40.6 Å². The van der Waals surface area contributed by atoms with E-state index in [0.29, 0.717) is 112 Å². The number of halogens is 1. The largest absolute Gasteiger partial charge is 0.383 e. The number of anilines is 5. The van der Waals surface area contributed by atoms with Crippen LogP contribution < -0.4 is 24.5 Å². The molecule has 50 heavy (non-hydrogen) atoms. The summed E-state index contributed by atoms with van der Waals surface area (Å²) in [4.78, 5) is 36.0. The Hall–Kier alpha value is -4.09. The van der Waals surface area contributed by atoms with Gasteiger partial charge < -0.3 is 43.4 Å². The van der Waals surface area contributed by atoms with Gasteiger partial charge in [0.15, 0.2) is 11.6 Å². The fraction of sp³-hybridized carbons (Fsp3) is 0.576. The van der Waals surface area contributed by atoms with Gasteiger partial charge in [0.25, 0.3) is 0 Å². The first kappa shape index (κ1) is 37.2. The van der Waals surface area contributed by atoms with Crippen molar-refractivity contribution in [3.05, 3.63) is 41.2 Å². The highest BCUT2D eigenvalue weighted by Crippen LogP contribution is 2.34. The van der Waals surface area contributed by atoms with E-state index in [-0.39, 0.29) is 0 Å². The van der Waals surface area contributed by atoms with E-state index in [1.807, 2.05) is 32.3 Å². The fourth-order valence-corrected chi connectivity index (χ4v) is 5.95. The number of benzene rings is 1. The standard InChI is InChI=1S/C33H49ClN12O4/c1-41(23-25-8-7-9-26(34)22-25)29-27-28(37-32(38-29)45(14-18-47-3)15-19-48-4)30(39-33(36-27)46(16-20-49-5)17-21-50-6)43-10-12-44(13-11-43)31-35-24-42(2)40-31/h7-9,22,24H,10-21,23H2,1-6H3. The normalized spacial score (nSPS) is 13.3. The van der Waals surface area contributed by atoms with Crippen molar-refractivity contribution in [3.8, 4) is 0 Å². The zero-order chi connectivity index (χ0) is 35.5. The van der Waals surface area contributed by atoms with Gasteiger partial charge in [-0.3, -0.25) is 4.68 Å². The first-order chi connectivity index (χ1) is 24.3. The molecule has 0 amide bonds. The lowest BCUT2D eigenvalue weighted by Crippen LogP contribution is -2.47. The summed E-state index contributed by atoms with van der Waals surface area (Å²) in [6.07, 6.45) is 1.72. The molecule has 17 heteroatoms. The second kappa shape index (κ2) is 18.2. The number of aryl methyl sites for hydroxylation is 1. The predicted molar refractivity (Wildman–Crippen MR) is 196 cm³/mol. The van der Waals surface area contributed by atoms with Gasteiger partial charge in [-0.2, -0.15) is 9.97 Å². The van der Waals surface area contributed by atoms with E-state index in [1.165, 1.54) is 0 Å². The second-order valence-corrected chi connectivity index (χ2v) is 12.5. The summed E-state index contributed by atoms with van der Waals surface area (Å²) in [5.74, 6) is 3.22. The summed E-state index contributed by atoms with van der Waals surface area (Å²) < 4.78 is 23.6. The number of hydrogen-bond acceptors (Lipinski definition) is 15. The van der Waals surface area contributed by atoms with Crippen LogP contribution in [0.5, 0.6) is 0 Å². The van der Waals surface area contributed by atoms with Crippen molar-refractivity contribution >= 4 is 52.1 Å². The molecule has 1 fully saturated rings. The van der Waals surface area contributed by atoms with Crippen molar-refractivity contribution in [1.29, 1.82) is 0 Å². The Morgan fingerprint density at radius 3 is 1.84 bits per heavy atom. The Balaban J connectivity index is 1.66. The van der Waals surface area contributed by atoms with Crippen molar-refractivity contribution in [2.24, 2.45) is 7.05 Å². The molecule has 1 aromatic carbocycles. The summed E-state index contributed by atoms with van der Waals surface area (Å²) in [5, 5.41) is 5.20. The maximum Gasteiger partial charge on any atom is 0.244 e. The molecule has 1 aliphatic heterocycles. The average molecular weight is 713 g/mol. The molecular formula is C33H49ClN12O4. The van der Waals surface area contributed by atoms with Crippen LogP contribution in [0.3, 0.4) is 0 Å². The van der Waals surface area contributed by atoms with Crippen LogP contribution in [-0.2, 0) is 32.5 Å². The number of methoxy groups -OCH3 is 4. The molecule has 0 spiro atoms. The number of rotatable bonds is 19. The smallest absolute Gasteiger partial charge is 0.244 e. The van der Waals surface area contributed by atoms with Gasteiger partial charge in [-0.1, -0.05) is 23.7 Å². The molecule has 0 aliphatic carbocycles. The summed E-state index contributed by atoms with van der Waals surface area (Å²) in [6.45, 7) is 7.67. The first-order valence-electron chi connectivity index (χ1n) is 16.7. The molecule has 0 radical (unpaired) electrons. The van der Waals surface area contributed by atoms with Crippen LogP contribution >= 0.6 is 11.6 Å². The molecule has 1 saturated heterocycles. The van der Waals surface area contributed by atoms with E-state index in [0.717, 1.165) is 24.5 Å². The minimum atomic E-state index is 0.499. The average Bonchev–Trinajstić information content (AvgIpc) is 3.57. The Morgan fingerprint density at radius 1 is 0.740 bits per heavy atom. The minimum Gasteiger partial charge on any atom is -0.383 e. The van der Waals surface area contributed by atoms with Crippen LogP contribution in [0.1, 0.15) is 5.56 Å². The number of ether oxygens (including phenoxy) is 4. The fourth-order valence-electron chi connectivity index (χ4n) is 5.74. The highest BCUT2D eigenvalue weighted by Gasteiger charge is 2.28. The predicted octanol–water partition coefficient (Wildman–Crippen LogP) is 2.36. The molecule has 3 aromatic heterocycles. The molecule has 16 nitrogen and oxygen atoms in total. The van der Waals surface area contributed by atoms with Crippen molar-refractivity contribution in [1.82, 2.24) is 34.7 Å². The van der Waals surface area contributed by atoms with Crippen LogP contribution in [0.25, 0.3) is 11.0 Å². The van der Waals surface area contributed by atoms with E-state index >= 15 is 0 Å². The molecule has 0 unspecified atom stereocenters. The molecular weight excluding hydrogens is 664 g/mol. The van der Waals surface area contributed by atoms with Gasteiger partial charge >= 0.3 is 0 Å². The lowest BCUT2D eigenvalue weighted by Gasteiger charge is -2.36. The molecule has 4 aromatic rings. The Morgan fingerprint density at radius 2 is 1.30 bits per heavy atom.